The van der Waals surface area contributed by atoms with Gasteiger partial charge in [0.1, 0.15) is 0 Å². The molecule has 0 bridgehead atoms. The van der Waals surface area contributed by atoms with Gasteiger partial charge in [0.25, 0.3) is 0 Å². The topological polar surface area (TPSA) is 32.3 Å². The van der Waals surface area contributed by atoms with Crippen LogP contribution in [0.25, 0.3) is 0 Å². The Morgan fingerprint density at radius 1 is 1.33 bits per heavy atom. The van der Waals surface area contributed by atoms with Crippen molar-refractivity contribution in [1.29, 1.82) is 0 Å². The minimum Gasteiger partial charge on any atom is -0.335 e. The molecule has 1 aromatic rings. The van der Waals surface area contributed by atoms with Gasteiger partial charge in [-0.2, -0.15) is 13.2 Å². The molecule has 0 aliphatic carbocycles. The standard InChI is InChI=1S/C17H24BrF3N2O/c1-4-15(9-10-17(19,20)21)22-16(24)23(5-2)12(3)13-7-6-8-14(18)11-13/h6-8,11-12,15H,4-5,9-10H2,1-3H3,(H,22,24). The average molecular weight is 409 g/mol. The lowest BCUT2D eigenvalue weighted by atomic mass is 10.1. The highest BCUT2D eigenvalue weighted by atomic mass is 79.9. The van der Waals surface area contributed by atoms with Crippen LogP contribution in [0.15, 0.2) is 28.7 Å². The zero-order valence-electron chi connectivity index (χ0n) is 14.2. The molecule has 1 rings (SSSR count). The van der Waals surface area contributed by atoms with Crippen molar-refractivity contribution in [2.75, 3.05) is 6.54 Å². The van der Waals surface area contributed by atoms with E-state index in [1.54, 1.807) is 11.8 Å². The number of nitrogens with one attached hydrogen (secondary N) is 1. The van der Waals surface area contributed by atoms with Gasteiger partial charge in [0.05, 0.1) is 6.04 Å². The summed E-state index contributed by atoms with van der Waals surface area (Å²) in [4.78, 5) is 14.1. The predicted molar refractivity (Wildman–Crippen MR) is 92.8 cm³/mol. The van der Waals surface area contributed by atoms with Gasteiger partial charge in [0, 0.05) is 23.5 Å². The molecule has 1 aromatic carbocycles. The normalized spacial score (nSPS) is 14.1. The summed E-state index contributed by atoms with van der Waals surface area (Å²) in [6.07, 6.45) is -4.73. The molecular weight excluding hydrogens is 385 g/mol. The molecule has 0 aromatic heterocycles. The number of hydrogen-bond acceptors (Lipinski definition) is 1. The third-order valence-electron chi connectivity index (χ3n) is 4.00. The van der Waals surface area contributed by atoms with Crippen LogP contribution in [0.4, 0.5) is 18.0 Å². The second kappa shape index (κ2) is 9.30. The quantitative estimate of drug-likeness (QED) is 0.619. The number of carbonyl (C=O) groups excluding carboxylic acids is 1. The Hall–Kier alpha value is -1.24. The minimum absolute atomic E-state index is 0.103. The monoisotopic (exact) mass is 408 g/mol. The molecule has 7 heteroatoms. The minimum atomic E-state index is -4.20. The van der Waals surface area contributed by atoms with E-state index in [1.165, 1.54) is 0 Å². The van der Waals surface area contributed by atoms with Crippen LogP contribution in [0.3, 0.4) is 0 Å². The zero-order chi connectivity index (χ0) is 18.3. The summed E-state index contributed by atoms with van der Waals surface area (Å²) >= 11 is 3.40. The number of rotatable bonds is 7. The van der Waals surface area contributed by atoms with Crippen LogP contribution in [0, 0.1) is 0 Å². The summed E-state index contributed by atoms with van der Waals surface area (Å²) in [5, 5.41) is 2.73. The maximum Gasteiger partial charge on any atom is 0.389 e. The van der Waals surface area contributed by atoms with Crippen molar-refractivity contribution in [2.45, 2.75) is 58.3 Å². The van der Waals surface area contributed by atoms with Crippen LogP contribution in [-0.2, 0) is 0 Å². The number of urea groups is 1. The fourth-order valence-electron chi connectivity index (χ4n) is 2.51. The van der Waals surface area contributed by atoms with E-state index in [9.17, 15) is 18.0 Å². The summed E-state index contributed by atoms with van der Waals surface area (Å²) in [6.45, 7) is 6.00. The van der Waals surface area contributed by atoms with Crippen LogP contribution in [0.1, 0.15) is 51.6 Å². The van der Waals surface area contributed by atoms with Gasteiger partial charge in [0.2, 0.25) is 0 Å². The van der Waals surface area contributed by atoms with Crippen molar-refractivity contribution in [3.63, 3.8) is 0 Å². The van der Waals surface area contributed by atoms with Crippen molar-refractivity contribution in [1.82, 2.24) is 10.2 Å². The molecule has 24 heavy (non-hydrogen) atoms. The molecule has 0 saturated heterocycles. The molecule has 0 aliphatic rings. The zero-order valence-corrected chi connectivity index (χ0v) is 15.7. The lowest BCUT2D eigenvalue weighted by Crippen LogP contribution is -2.45. The maximum absolute atomic E-state index is 12.5. The Morgan fingerprint density at radius 2 is 2.00 bits per heavy atom. The maximum atomic E-state index is 12.5. The molecule has 3 nitrogen and oxygen atoms in total. The highest BCUT2D eigenvalue weighted by Gasteiger charge is 2.29. The Bertz CT molecular complexity index is 537. The number of nitrogens with zero attached hydrogens (tertiary/aromatic N) is 1. The van der Waals surface area contributed by atoms with E-state index in [4.69, 9.17) is 0 Å². The number of alkyl halides is 3. The van der Waals surface area contributed by atoms with E-state index < -0.39 is 18.6 Å². The lowest BCUT2D eigenvalue weighted by molar-refractivity contribution is -0.136. The first-order chi connectivity index (χ1) is 11.2. The Morgan fingerprint density at radius 3 is 2.50 bits per heavy atom. The van der Waals surface area contributed by atoms with Crippen LogP contribution in [-0.4, -0.2) is 29.7 Å². The third kappa shape index (κ3) is 6.71. The van der Waals surface area contributed by atoms with E-state index in [0.717, 1.165) is 10.0 Å². The van der Waals surface area contributed by atoms with Crippen LogP contribution in [0.2, 0.25) is 0 Å². The molecule has 2 amide bonds. The molecule has 1 N–H and O–H groups in total. The van der Waals surface area contributed by atoms with Gasteiger partial charge in [-0.1, -0.05) is 35.0 Å². The number of halogens is 4. The number of amides is 2. The molecule has 2 atom stereocenters. The van der Waals surface area contributed by atoms with Gasteiger partial charge < -0.3 is 10.2 Å². The predicted octanol–water partition coefficient (Wildman–Crippen LogP) is 5.66. The molecule has 0 radical (unpaired) electrons. The third-order valence-corrected chi connectivity index (χ3v) is 4.49. The summed E-state index contributed by atoms with van der Waals surface area (Å²) < 4.78 is 38.0. The van der Waals surface area contributed by atoms with E-state index in [0.29, 0.717) is 13.0 Å². The largest absolute Gasteiger partial charge is 0.389 e. The molecule has 0 heterocycles. The second-order valence-corrected chi connectivity index (χ2v) is 6.64. The van der Waals surface area contributed by atoms with Crippen LogP contribution < -0.4 is 5.32 Å². The molecule has 0 fully saturated rings. The van der Waals surface area contributed by atoms with E-state index in [1.807, 2.05) is 38.1 Å². The highest BCUT2D eigenvalue weighted by molar-refractivity contribution is 9.10. The Kier molecular flexibility index (Phi) is 8.06. The van der Waals surface area contributed by atoms with Crippen molar-refractivity contribution in [2.24, 2.45) is 0 Å². The van der Waals surface area contributed by atoms with E-state index >= 15 is 0 Å². The second-order valence-electron chi connectivity index (χ2n) is 5.73. The van der Waals surface area contributed by atoms with Crippen LogP contribution in [0.5, 0.6) is 0 Å². The molecule has 136 valence electrons. The van der Waals surface area contributed by atoms with Crippen molar-refractivity contribution in [3.8, 4) is 0 Å². The first kappa shape index (κ1) is 20.8. The number of hydrogen-bond donors (Lipinski definition) is 1. The van der Waals surface area contributed by atoms with Gasteiger partial charge in [0.15, 0.2) is 0 Å². The summed E-state index contributed by atoms with van der Waals surface area (Å²) in [7, 11) is 0. The van der Waals surface area contributed by atoms with E-state index in [-0.39, 0.29) is 18.5 Å². The van der Waals surface area contributed by atoms with Crippen LogP contribution >= 0.6 is 15.9 Å². The number of benzene rings is 1. The molecule has 0 saturated carbocycles. The van der Waals surface area contributed by atoms with Gasteiger partial charge >= 0.3 is 12.2 Å². The molecule has 0 aliphatic heterocycles. The van der Waals surface area contributed by atoms with Gasteiger partial charge in [-0.15, -0.1) is 0 Å². The van der Waals surface area contributed by atoms with Crippen molar-refractivity contribution in [3.05, 3.63) is 34.3 Å². The highest BCUT2D eigenvalue weighted by Crippen LogP contribution is 2.25. The average Bonchev–Trinajstić information content (AvgIpc) is 2.51. The van der Waals surface area contributed by atoms with Gasteiger partial charge in [-0.05, 0) is 44.4 Å². The Balaban J connectivity index is 2.74. The summed E-state index contributed by atoms with van der Waals surface area (Å²) in [6, 6.07) is 6.65. The fourth-order valence-corrected chi connectivity index (χ4v) is 2.93. The Labute approximate surface area is 149 Å². The van der Waals surface area contributed by atoms with E-state index in [2.05, 4.69) is 21.2 Å². The SMILES string of the molecule is CCC(CCC(F)(F)F)NC(=O)N(CC)C(C)c1cccc(Br)c1. The summed E-state index contributed by atoms with van der Waals surface area (Å²) in [5.74, 6) is 0. The van der Waals surface area contributed by atoms with Gasteiger partial charge in [-0.3, -0.25) is 0 Å². The van der Waals surface area contributed by atoms with Crippen molar-refractivity contribution >= 4 is 22.0 Å². The summed E-state index contributed by atoms with van der Waals surface area (Å²) in [5.41, 5.74) is 0.963. The first-order valence-electron chi connectivity index (χ1n) is 8.07. The molecule has 0 spiro atoms. The van der Waals surface area contributed by atoms with Gasteiger partial charge in [-0.25, -0.2) is 4.79 Å². The molecule has 2 unspecified atom stereocenters. The van der Waals surface area contributed by atoms with Crippen molar-refractivity contribution < 1.29 is 18.0 Å². The fraction of sp³-hybridized carbons (Fsp3) is 0.588. The smallest absolute Gasteiger partial charge is 0.335 e. The lowest BCUT2D eigenvalue weighted by Gasteiger charge is -2.30. The number of carbonyl (C=O) groups is 1. The first-order valence-corrected chi connectivity index (χ1v) is 8.86. The molecular formula is C17H24BrF3N2O.